The van der Waals surface area contributed by atoms with E-state index in [4.69, 9.17) is 4.55 Å². The summed E-state index contributed by atoms with van der Waals surface area (Å²) in [6.45, 7) is 3.62. The molecule has 25 heavy (non-hydrogen) atoms. The molecular weight excluding hydrogens is 340 g/mol. The van der Waals surface area contributed by atoms with Crippen molar-refractivity contribution in [3.8, 4) is 0 Å². The summed E-state index contributed by atoms with van der Waals surface area (Å²) in [5, 5.41) is 0. The monoisotopic (exact) mass is 385 g/mol. The van der Waals surface area contributed by atoms with Crippen LogP contribution in [0, 0.1) is 0 Å². The van der Waals surface area contributed by atoms with E-state index in [0.717, 1.165) is 11.6 Å². The molecule has 0 aromatic carbocycles. The summed E-state index contributed by atoms with van der Waals surface area (Å²) in [5.74, 6) is 0. The Balaban J connectivity index is -0.000000592. The van der Waals surface area contributed by atoms with Crippen molar-refractivity contribution >= 4 is 10.4 Å². The van der Waals surface area contributed by atoms with Crippen molar-refractivity contribution in [2.24, 2.45) is 0 Å². The van der Waals surface area contributed by atoms with Crippen LogP contribution < -0.4 is 6.15 Å². The molecule has 0 bridgehead atoms. The Morgan fingerprint density at radius 1 is 0.760 bits per heavy atom. The van der Waals surface area contributed by atoms with Crippen LogP contribution in [0.5, 0.6) is 0 Å². The van der Waals surface area contributed by atoms with Gasteiger partial charge in [0.2, 0.25) is 0 Å². The van der Waals surface area contributed by atoms with Crippen molar-refractivity contribution in [1.29, 1.82) is 0 Å². The van der Waals surface area contributed by atoms with Gasteiger partial charge in [-0.1, -0.05) is 71.1 Å². The van der Waals surface area contributed by atoms with E-state index in [0.29, 0.717) is 0 Å². The third-order valence-corrected chi connectivity index (χ3v) is 4.31. The van der Waals surface area contributed by atoms with E-state index in [-0.39, 0.29) is 6.15 Å². The van der Waals surface area contributed by atoms with Crippen molar-refractivity contribution in [2.45, 2.75) is 84.0 Å². The molecule has 0 fully saturated rings. The van der Waals surface area contributed by atoms with Crippen LogP contribution in [0.15, 0.2) is 0 Å². The zero-order valence-corrected chi connectivity index (χ0v) is 18.2. The third kappa shape index (κ3) is 35.7. The van der Waals surface area contributed by atoms with Crippen molar-refractivity contribution in [1.82, 2.24) is 6.15 Å². The van der Waals surface area contributed by atoms with E-state index < -0.39 is 10.4 Å². The van der Waals surface area contributed by atoms with Gasteiger partial charge in [-0.05, 0) is 12.8 Å². The summed E-state index contributed by atoms with van der Waals surface area (Å²) < 4.78 is 30.8. The summed E-state index contributed by atoms with van der Waals surface area (Å²) in [6, 6.07) is 0. The standard InChI is InChI=1S/C17H38N.CH4O4S.H3N/c1-5-6-7-8-9-10-11-12-13-14-15-16-17-18(2,3)4;1-5-6(2,3)4;/h5-17H2,1-4H3;1H3,(H,2,3,4);1H3/q+1;;. The number of hydrogen-bond donors (Lipinski definition) is 2. The first-order valence-corrected chi connectivity index (χ1v) is 10.8. The van der Waals surface area contributed by atoms with Crippen LogP contribution in [0.25, 0.3) is 0 Å². The highest BCUT2D eigenvalue weighted by Gasteiger charge is 2.04. The van der Waals surface area contributed by atoms with E-state index in [2.05, 4.69) is 32.2 Å². The third-order valence-electron chi connectivity index (χ3n) is 3.89. The van der Waals surface area contributed by atoms with Gasteiger partial charge in [0.1, 0.15) is 0 Å². The van der Waals surface area contributed by atoms with Crippen LogP contribution in [-0.4, -0.2) is 52.3 Å². The number of nitrogens with zero attached hydrogens (tertiary/aromatic N) is 1. The summed E-state index contributed by atoms with van der Waals surface area (Å²) in [7, 11) is 3.58. The van der Waals surface area contributed by atoms with E-state index in [1.807, 2.05) is 0 Å². The fourth-order valence-corrected chi connectivity index (χ4v) is 2.43. The van der Waals surface area contributed by atoms with Gasteiger partial charge in [-0.3, -0.25) is 8.74 Å². The number of hydrogen-bond acceptors (Lipinski definition) is 4. The van der Waals surface area contributed by atoms with Crippen LogP contribution in [0.3, 0.4) is 0 Å². The lowest BCUT2D eigenvalue weighted by Crippen LogP contribution is -2.35. The lowest BCUT2D eigenvalue weighted by molar-refractivity contribution is -0.870. The van der Waals surface area contributed by atoms with Gasteiger partial charge in [-0.25, -0.2) is 0 Å². The van der Waals surface area contributed by atoms with E-state index in [9.17, 15) is 8.42 Å². The average molecular weight is 386 g/mol. The zero-order valence-electron chi connectivity index (χ0n) is 17.4. The Kier molecular flexibility index (Phi) is 22.0. The summed E-state index contributed by atoms with van der Waals surface area (Å²) >= 11 is 0. The fourth-order valence-electron chi connectivity index (χ4n) is 2.43. The van der Waals surface area contributed by atoms with Gasteiger partial charge in [-0.2, -0.15) is 8.42 Å². The minimum atomic E-state index is -4.16. The normalized spacial score (nSPS) is 11.4. The first kappa shape index (κ1) is 29.5. The van der Waals surface area contributed by atoms with Crippen molar-refractivity contribution in [2.75, 3.05) is 34.8 Å². The molecule has 0 radical (unpaired) electrons. The quantitative estimate of drug-likeness (QED) is 0.249. The average Bonchev–Trinajstić information content (AvgIpc) is 2.47. The SMILES string of the molecule is CCCCCCCCCCCCCC[N+](C)(C)C.COS(=O)(=O)O.N. The molecule has 0 aliphatic carbocycles. The molecule has 0 heterocycles. The van der Waals surface area contributed by atoms with Gasteiger partial charge in [0.05, 0.1) is 34.8 Å². The van der Waals surface area contributed by atoms with Crippen LogP contribution in [-0.2, 0) is 14.6 Å². The molecule has 0 unspecified atom stereocenters. The van der Waals surface area contributed by atoms with Crippen molar-refractivity contribution in [3.05, 3.63) is 0 Å². The molecule has 0 rings (SSSR count). The molecule has 0 aliphatic rings. The highest BCUT2D eigenvalue weighted by atomic mass is 32.3. The van der Waals surface area contributed by atoms with Gasteiger partial charge < -0.3 is 10.6 Å². The Bertz CT molecular complexity index is 355. The highest BCUT2D eigenvalue weighted by molar-refractivity contribution is 7.80. The first-order chi connectivity index (χ1) is 11.1. The summed E-state index contributed by atoms with van der Waals surface area (Å²) in [5.41, 5.74) is 0. The second-order valence-electron chi connectivity index (χ2n) is 7.50. The molecule has 7 heteroatoms. The number of unbranched alkanes of at least 4 members (excludes halogenated alkanes) is 11. The van der Waals surface area contributed by atoms with Crippen molar-refractivity contribution in [3.63, 3.8) is 0 Å². The molecule has 0 aliphatic heterocycles. The van der Waals surface area contributed by atoms with Gasteiger partial charge >= 0.3 is 10.4 Å². The molecule has 0 aromatic heterocycles. The number of quaternary nitrogens is 1. The molecule has 6 nitrogen and oxygen atoms in total. The predicted molar refractivity (Wildman–Crippen MR) is 108 cm³/mol. The maximum atomic E-state index is 9.33. The topological polar surface area (TPSA) is 98.6 Å². The zero-order chi connectivity index (χ0) is 18.9. The minimum Gasteiger partial charge on any atom is -0.344 e. The van der Waals surface area contributed by atoms with Gasteiger partial charge in [0.25, 0.3) is 0 Å². The lowest BCUT2D eigenvalue weighted by Gasteiger charge is -2.23. The Labute approximate surface area is 157 Å². The summed E-state index contributed by atoms with van der Waals surface area (Å²) in [6.07, 6.45) is 17.4. The lowest BCUT2D eigenvalue weighted by atomic mass is 10.1. The molecule has 0 saturated heterocycles. The van der Waals surface area contributed by atoms with Crippen LogP contribution in [0.4, 0.5) is 0 Å². The fraction of sp³-hybridized carbons (Fsp3) is 1.00. The maximum absolute atomic E-state index is 9.33. The van der Waals surface area contributed by atoms with Gasteiger partial charge in [0.15, 0.2) is 0 Å². The van der Waals surface area contributed by atoms with E-state index in [1.165, 1.54) is 83.6 Å². The van der Waals surface area contributed by atoms with Crippen LogP contribution in [0.1, 0.15) is 84.0 Å². The van der Waals surface area contributed by atoms with Gasteiger partial charge in [0, 0.05) is 0 Å². The van der Waals surface area contributed by atoms with Crippen LogP contribution >= 0.6 is 0 Å². The molecule has 4 N–H and O–H groups in total. The van der Waals surface area contributed by atoms with Crippen molar-refractivity contribution < 1.29 is 21.6 Å². The van der Waals surface area contributed by atoms with E-state index >= 15 is 0 Å². The largest absolute Gasteiger partial charge is 0.397 e. The second-order valence-corrected chi connectivity index (χ2v) is 8.69. The Morgan fingerprint density at radius 3 is 1.28 bits per heavy atom. The molecule has 0 aromatic rings. The molecule has 0 amide bonds. The maximum Gasteiger partial charge on any atom is 0.397 e. The Morgan fingerprint density at radius 2 is 1.04 bits per heavy atom. The first-order valence-electron chi connectivity index (χ1n) is 9.46. The molecule has 0 saturated carbocycles. The molecule has 0 spiro atoms. The Hall–Kier alpha value is -0.210. The molecule has 0 atom stereocenters. The highest BCUT2D eigenvalue weighted by Crippen LogP contribution is 2.12. The smallest absolute Gasteiger partial charge is 0.344 e. The van der Waals surface area contributed by atoms with E-state index in [1.54, 1.807) is 0 Å². The second kappa shape index (κ2) is 18.6. The number of rotatable bonds is 14. The van der Waals surface area contributed by atoms with Crippen LogP contribution in [0.2, 0.25) is 0 Å². The molecular formula is C18H45N2O4S+. The minimum absolute atomic E-state index is 0. The van der Waals surface area contributed by atoms with Gasteiger partial charge in [-0.15, -0.1) is 0 Å². The molecule has 156 valence electrons. The summed E-state index contributed by atoms with van der Waals surface area (Å²) in [4.78, 5) is 0. The predicted octanol–water partition coefficient (Wildman–Crippen LogP) is 4.99.